The van der Waals surface area contributed by atoms with E-state index in [4.69, 9.17) is 4.74 Å². The van der Waals surface area contributed by atoms with Gasteiger partial charge in [0, 0.05) is 0 Å². The predicted molar refractivity (Wildman–Crippen MR) is 134 cm³/mol. The Kier molecular flexibility index (Phi) is 7.23. The number of carboxylic acid groups (broad SMARTS) is 1. The van der Waals surface area contributed by atoms with E-state index in [9.17, 15) is 14.7 Å². The van der Waals surface area contributed by atoms with Gasteiger partial charge in [0.1, 0.15) is 12.6 Å². The van der Waals surface area contributed by atoms with E-state index in [-0.39, 0.29) is 18.9 Å². The van der Waals surface area contributed by atoms with Gasteiger partial charge in [-0.05, 0) is 45.4 Å². The number of aliphatic carboxylic acids is 1. The van der Waals surface area contributed by atoms with Gasteiger partial charge in [0.25, 0.3) is 0 Å². The van der Waals surface area contributed by atoms with Crippen molar-refractivity contribution in [3.63, 3.8) is 0 Å². The number of carbonyl (C=O) groups excluding carboxylic acids is 1. The molecule has 5 nitrogen and oxygen atoms in total. The third-order valence-electron chi connectivity index (χ3n) is 5.97. The molecule has 0 radical (unpaired) electrons. The zero-order valence-corrected chi connectivity index (χ0v) is 19.0. The lowest BCUT2D eigenvalue weighted by atomic mass is 9.91. The molecule has 4 aromatic rings. The molecule has 1 amide bonds. The average Bonchev–Trinajstić information content (AvgIpc) is 2.87. The van der Waals surface area contributed by atoms with Crippen molar-refractivity contribution in [1.82, 2.24) is 5.32 Å². The minimum Gasteiger partial charge on any atom is -0.480 e. The van der Waals surface area contributed by atoms with E-state index in [1.807, 2.05) is 67.6 Å². The first-order valence-corrected chi connectivity index (χ1v) is 11.3. The topological polar surface area (TPSA) is 75.6 Å². The molecule has 0 bridgehead atoms. The highest BCUT2D eigenvalue weighted by Gasteiger charge is 2.24. The molecular weight excluding hydrogens is 426 g/mol. The van der Waals surface area contributed by atoms with E-state index >= 15 is 0 Å². The number of rotatable bonds is 8. The summed E-state index contributed by atoms with van der Waals surface area (Å²) in [5, 5.41) is 14.5. The van der Waals surface area contributed by atoms with Crippen LogP contribution in [-0.2, 0) is 16.1 Å². The second-order valence-electron chi connectivity index (χ2n) is 8.38. The molecular formula is C29H27NO4. The first-order chi connectivity index (χ1) is 16.5. The van der Waals surface area contributed by atoms with Crippen LogP contribution >= 0.6 is 0 Å². The lowest BCUT2D eigenvalue weighted by Gasteiger charge is -2.19. The van der Waals surface area contributed by atoms with Crippen LogP contribution in [0.3, 0.4) is 0 Å². The van der Waals surface area contributed by atoms with Crippen molar-refractivity contribution >= 4 is 22.8 Å². The quantitative estimate of drug-likeness (QED) is 0.325. The van der Waals surface area contributed by atoms with E-state index in [1.54, 1.807) is 0 Å². The molecule has 0 aliphatic heterocycles. The standard InChI is InChI=1S/C29H27NO4/c1-20(18-27(28(31)32)30-29(33)34-19-21-8-3-2-4-9-21)22-14-16-24(17-15-22)26-13-7-11-23-10-5-6-12-25(23)26/h2-17,20,27H,18-19H2,1H3,(H,30,33)(H,31,32). The first kappa shape index (κ1) is 23.1. The molecule has 0 heterocycles. The van der Waals surface area contributed by atoms with Crippen LogP contribution in [0.25, 0.3) is 21.9 Å². The molecule has 0 aromatic heterocycles. The Hall–Kier alpha value is -4.12. The second-order valence-corrected chi connectivity index (χ2v) is 8.38. The summed E-state index contributed by atoms with van der Waals surface area (Å²) in [4.78, 5) is 23.9. The summed E-state index contributed by atoms with van der Waals surface area (Å²) in [6.07, 6.45) is -0.488. The number of ether oxygens (including phenoxy) is 1. The monoisotopic (exact) mass is 453 g/mol. The van der Waals surface area contributed by atoms with Gasteiger partial charge in [-0.25, -0.2) is 9.59 Å². The molecule has 0 aliphatic carbocycles. The number of benzene rings is 4. The number of fused-ring (bicyclic) bond motifs is 1. The van der Waals surface area contributed by atoms with Crippen molar-refractivity contribution in [3.05, 3.63) is 108 Å². The normalized spacial score (nSPS) is 12.6. The Balaban J connectivity index is 1.40. The number of amides is 1. The van der Waals surface area contributed by atoms with Crippen molar-refractivity contribution in [2.45, 2.75) is 31.9 Å². The van der Waals surface area contributed by atoms with Gasteiger partial charge in [0.15, 0.2) is 0 Å². The summed E-state index contributed by atoms with van der Waals surface area (Å²) in [7, 11) is 0. The van der Waals surface area contributed by atoms with Gasteiger partial charge < -0.3 is 15.2 Å². The number of nitrogens with one attached hydrogen (secondary N) is 1. The van der Waals surface area contributed by atoms with Gasteiger partial charge in [0.2, 0.25) is 0 Å². The Morgan fingerprint density at radius 3 is 2.26 bits per heavy atom. The van der Waals surface area contributed by atoms with E-state index in [0.717, 1.165) is 22.3 Å². The maximum Gasteiger partial charge on any atom is 0.408 e. The van der Waals surface area contributed by atoms with E-state index in [0.29, 0.717) is 0 Å². The van der Waals surface area contributed by atoms with Gasteiger partial charge >= 0.3 is 12.1 Å². The van der Waals surface area contributed by atoms with E-state index in [1.165, 1.54) is 10.8 Å². The fourth-order valence-electron chi connectivity index (χ4n) is 4.09. The Labute approximate surface area is 199 Å². The smallest absolute Gasteiger partial charge is 0.408 e. The summed E-state index contributed by atoms with van der Waals surface area (Å²) < 4.78 is 5.18. The second kappa shape index (κ2) is 10.7. The first-order valence-electron chi connectivity index (χ1n) is 11.3. The molecule has 0 spiro atoms. The van der Waals surface area contributed by atoms with Crippen molar-refractivity contribution in [3.8, 4) is 11.1 Å². The van der Waals surface area contributed by atoms with Gasteiger partial charge in [-0.3, -0.25) is 0 Å². The predicted octanol–water partition coefficient (Wildman–Crippen LogP) is 6.38. The lowest BCUT2D eigenvalue weighted by molar-refractivity contribution is -0.139. The fraction of sp³-hybridized carbons (Fsp3) is 0.172. The van der Waals surface area contributed by atoms with Crippen molar-refractivity contribution in [1.29, 1.82) is 0 Å². The van der Waals surface area contributed by atoms with Crippen LogP contribution in [0.5, 0.6) is 0 Å². The Morgan fingerprint density at radius 2 is 1.53 bits per heavy atom. The highest BCUT2D eigenvalue weighted by atomic mass is 16.5. The minimum absolute atomic E-state index is 0.0721. The van der Waals surface area contributed by atoms with Crippen LogP contribution in [-0.4, -0.2) is 23.2 Å². The summed E-state index contributed by atoms with van der Waals surface area (Å²) in [5.41, 5.74) is 4.10. The molecule has 0 aliphatic rings. The number of carbonyl (C=O) groups is 2. The third-order valence-corrected chi connectivity index (χ3v) is 5.97. The highest BCUT2D eigenvalue weighted by molar-refractivity contribution is 5.96. The van der Waals surface area contributed by atoms with Gasteiger partial charge in [0.05, 0.1) is 0 Å². The summed E-state index contributed by atoms with van der Waals surface area (Å²) >= 11 is 0. The van der Waals surface area contributed by atoms with Gasteiger partial charge in [-0.2, -0.15) is 0 Å². The van der Waals surface area contributed by atoms with Crippen molar-refractivity contribution in [2.24, 2.45) is 0 Å². The lowest BCUT2D eigenvalue weighted by Crippen LogP contribution is -2.41. The molecule has 4 rings (SSSR count). The van der Waals surface area contributed by atoms with Crippen LogP contribution < -0.4 is 5.32 Å². The molecule has 2 atom stereocenters. The van der Waals surface area contributed by atoms with Gasteiger partial charge in [-0.1, -0.05) is 104 Å². The molecule has 2 unspecified atom stereocenters. The average molecular weight is 454 g/mol. The molecule has 34 heavy (non-hydrogen) atoms. The third kappa shape index (κ3) is 5.62. The molecule has 5 heteroatoms. The summed E-state index contributed by atoms with van der Waals surface area (Å²) in [6, 6.07) is 30.9. The SMILES string of the molecule is CC(CC(NC(=O)OCc1ccccc1)C(=O)O)c1ccc(-c2cccc3ccccc23)cc1. The largest absolute Gasteiger partial charge is 0.480 e. The molecule has 0 saturated carbocycles. The molecule has 172 valence electrons. The van der Waals surface area contributed by atoms with E-state index < -0.39 is 18.1 Å². The van der Waals surface area contributed by atoms with Crippen molar-refractivity contribution < 1.29 is 19.4 Å². The maximum atomic E-state index is 12.2. The summed E-state index contributed by atoms with van der Waals surface area (Å²) in [5.74, 6) is -1.16. The van der Waals surface area contributed by atoms with Crippen LogP contribution in [0.15, 0.2) is 97.1 Å². The Bertz CT molecular complexity index is 1260. The number of hydrogen-bond acceptors (Lipinski definition) is 3. The number of hydrogen-bond donors (Lipinski definition) is 2. The molecule has 2 N–H and O–H groups in total. The number of alkyl carbamates (subject to hydrolysis) is 1. The minimum atomic E-state index is -1.09. The highest BCUT2D eigenvalue weighted by Crippen LogP contribution is 2.30. The van der Waals surface area contributed by atoms with Crippen LogP contribution in [0, 0.1) is 0 Å². The zero-order chi connectivity index (χ0) is 23.9. The molecule has 4 aromatic carbocycles. The number of carboxylic acids is 1. The van der Waals surface area contributed by atoms with Crippen molar-refractivity contribution in [2.75, 3.05) is 0 Å². The van der Waals surface area contributed by atoms with Gasteiger partial charge in [-0.15, -0.1) is 0 Å². The Morgan fingerprint density at radius 1 is 0.853 bits per heavy atom. The van der Waals surface area contributed by atoms with Crippen LogP contribution in [0.2, 0.25) is 0 Å². The molecule has 0 saturated heterocycles. The van der Waals surface area contributed by atoms with Crippen LogP contribution in [0.4, 0.5) is 4.79 Å². The fourth-order valence-corrected chi connectivity index (χ4v) is 4.09. The maximum absolute atomic E-state index is 12.2. The zero-order valence-electron chi connectivity index (χ0n) is 19.0. The molecule has 0 fully saturated rings. The van der Waals surface area contributed by atoms with Crippen LogP contribution in [0.1, 0.15) is 30.4 Å². The summed E-state index contributed by atoms with van der Waals surface area (Å²) in [6.45, 7) is 2.05. The van der Waals surface area contributed by atoms with E-state index in [2.05, 4.69) is 41.7 Å².